The third-order valence-electron chi connectivity index (χ3n) is 4.91. The molecule has 4 N–H and O–H groups in total. The number of hydrazone groups is 1. The minimum Gasteiger partial charge on any atom is -0.504 e. The number of benzene rings is 3. The number of nitrogens with one attached hydrogen (secondary N) is 3. The van der Waals surface area contributed by atoms with Crippen molar-refractivity contribution in [2.75, 3.05) is 23.2 Å². The summed E-state index contributed by atoms with van der Waals surface area (Å²) in [4.78, 5) is 13.3. The zero-order valence-corrected chi connectivity index (χ0v) is 19.1. The number of rotatable bonds is 8. The molecule has 4 rings (SSSR count). The first-order valence-corrected chi connectivity index (χ1v) is 10.6. The lowest BCUT2D eigenvalue weighted by molar-refractivity contribution is 0.373. The highest BCUT2D eigenvalue weighted by Crippen LogP contribution is 2.28. The summed E-state index contributed by atoms with van der Waals surface area (Å²) in [5.74, 6) is 1.27. The topological polar surface area (TPSA) is 117 Å². The number of aromatic hydroxyl groups is 1. The molecule has 9 heteroatoms. The molecule has 0 spiro atoms. The zero-order chi connectivity index (χ0) is 23.9. The first kappa shape index (κ1) is 22.5. The van der Waals surface area contributed by atoms with Gasteiger partial charge in [0.25, 0.3) is 0 Å². The van der Waals surface area contributed by atoms with Gasteiger partial charge in [0.15, 0.2) is 11.5 Å². The summed E-state index contributed by atoms with van der Waals surface area (Å²) < 4.78 is 5.13. The van der Waals surface area contributed by atoms with E-state index in [1.807, 2.05) is 56.3 Å². The lowest BCUT2D eigenvalue weighted by atomic mass is 10.1. The van der Waals surface area contributed by atoms with Crippen molar-refractivity contribution in [3.8, 4) is 11.5 Å². The second-order valence-corrected chi connectivity index (χ2v) is 7.51. The maximum Gasteiger partial charge on any atom is 0.250 e. The normalized spacial score (nSPS) is 10.8. The van der Waals surface area contributed by atoms with Crippen LogP contribution in [0, 0.1) is 13.8 Å². The molecule has 0 atom stereocenters. The van der Waals surface area contributed by atoms with E-state index in [2.05, 4.69) is 42.2 Å². The fourth-order valence-electron chi connectivity index (χ4n) is 3.23. The molecule has 0 fully saturated rings. The number of methoxy groups -OCH3 is 1. The molecule has 0 unspecified atom stereocenters. The Balaban J connectivity index is 1.61. The highest BCUT2D eigenvalue weighted by Gasteiger charge is 2.09. The van der Waals surface area contributed by atoms with E-state index in [-0.39, 0.29) is 11.7 Å². The van der Waals surface area contributed by atoms with Crippen LogP contribution < -0.4 is 20.8 Å². The minimum absolute atomic E-state index is 0.00479. The molecule has 0 radical (unpaired) electrons. The van der Waals surface area contributed by atoms with Gasteiger partial charge in [-0.15, -0.1) is 0 Å². The summed E-state index contributed by atoms with van der Waals surface area (Å²) in [6.07, 6.45) is 1.46. The van der Waals surface area contributed by atoms with E-state index in [1.54, 1.807) is 18.2 Å². The molecule has 1 heterocycles. The van der Waals surface area contributed by atoms with Crippen molar-refractivity contribution >= 4 is 35.4 Å². The van der Waals surface area contributed by atoms with Crippen LogP contribution in [0.15, 0.2) is 71.8 Å². The van der Waals surface area contributed by atoms with Gasteiger partial charge in [-0.25, -0.2) is 5.43 Å². The van der Waals surface area contributed by atoms with Gasteiger partial charge in [-0.3, -0.25) is 0 Å². The highest BCUT2D eigenvalue weighted by molar-refractivity contribution is 5.85. The van der Waals surface area contributed by atoms with Crippen molar-refractivity contribution in [3.05, 3.63) is 83.4 Å². The van der Waals surface area contributed by atoms with Crippen molar-refractivity contribution < 1.29 is 9.84 Å². The monoisotopic (exact) mass is 455 g/mol. The maximum atomic E-state index is 10.2. The Morgan fingerprint density at radius 2 is 1.59 bits per heavy atom. The Morgan fingerprint density at radius 3 is 2.32 bits per heavy atom. The molecule has 0 amide bonds. The molecule has 0 aliphatic rings. The Hall–Kier alpha value is -4.66. The number of phenols is 1. The van der Waals surface area contributed by atoms with E-state index < -0.39 is 0 Å². The lowest BCUT2D eigenvalue weighted by Gasteiger charge is -2.12. The van der Waals surface area contributed by atoms with Crippen molar-refractivity contribution in [1.82, 2.24) is 15.0 Å². The fourth-order valence-corrected chi connectivity index (χ4v) is 3.23. The van der Waals surface area contributed by atoms with E-state index in [4.69, 9.17) is 4.74 Å². The molecule has 0 aliphatic carbocycles. The smallest absolute Gasteiger partial charge is 0.250 e. The molecule has 3 aromatic carbocycles. The van der Waals surface area contributed by atoms with Crippen LogP contribution in [0.4, 0.5) is 29.2 Å². The van der Waals surface area contributed by atoms with Gasteiger partial charge in [0.05, 0.1) is 13.3 Å². The minimum atomic E-state index is -0.00479. The predicted molar refractivity (Wildman–Crippen MR) is 135 cm³/mol. The molecule has 0 saturated carbocycles. The Kier molecular flexibility index (Phi) is 6.83. The molecule has 34 heavy (non-hydrogen) atoms. The van der Waals surface area contributed by atoms with Crippen LogP contribution in [0.5, 0.6) is 11.5 Å². The van der Waals surface area contributed by atoms with Crippen LogP contribution >= 0.6 is 0 Å². The summed E-state index contributed by atoms with van der Waals surface area (Å²) in [5, 5.41) is 20.8. The number of hydrogen-bond donors (Lipinski definition) is 4. The van der Waals surface area contributed by atoms with E-state index in [0.717, 1.165) is 16.9 Å². The number of anilines is 5. The summed E-state index contributed by atoms with van der Waals surface area (Å²) in [6, 6.07) is 20.8. The SMILES string of the molecule is COc1cccc(/C=N\Nc2nc(Nc3ccccc3)nc(Nc3ccc(C)cc3C)n2)c1O. The molecule has 0 saturated heterocycles. The van der Waals surface area contributed by atoms with Gasteiger partial charge in [0.1, 0.15) is 0 Å². The van der Waals surface area contributed by atoms with E-state index >= 15 is 0 Å². The first-order valence-electron chi connectivity index (χ1n) is 10.6. The van der Waals surface area contributed by atoms with Crippen LogP contribution in [-0.2, 0) is 0 Å². The Labute approximate surface area is 197 Å². The quantitative estimate of drug-likeness (QED) is 0.213. The van der Waals surface area contributed by atoms with Gasteiger partial charge in [0.2, 0.25) is 17.8 Å². The molecule has 1 aromatic heterocycles. The Morgan fingerprint density at radius 1 is 0.853 bits per heavy atom. The largest absolute Gasteiger partial charge is 0.504 e. The van der Waals surface area contributed by atoms with Crippen LogP contribution in [-0.4, -0.2) is 33.4 Å². The number of hydrogen-bond acceptors (Lipinski definition) is 9. The number of aryl methyl sites for hydroxylation is 2. The number of phenolic OH excluding ortho intramolecular Hbond substituents is 1. The zero-order valence-electron chi connectivity index (χ0n) is 19.1. The van der Waals surface area contributed by atoms with Crippen molar-refractivity contribution in [1.29, 1.82) is 0 Å². The second kappa shape index (κ2) is 10.3. The summed E-state index contributed by atoms with van der Waals surface area (Å²) in [7, 11) is 1.49. The van der Waals surface area contributed by atoms with Crippen molar-refractivity contribution in [2.45, 2.75) is 13.8 Å². The van der Waals surface area contributed by atoms with Crippen molar-refractivity contribution in [2.24, 2.45) is 5.10 Å². The summed E-state index contributed by atoms with van der Waals surface area (Å²) in [5.41, 5.74) is 7.25. The summed E-state index contributed by atoms with van der Waals surface area (Å²) >= 11 is 0. The molecular formula is C25H25N7O2. The van der Waals surface area contributed by atoms with E-state index in [9.17, 15) is 5.11 Å². The molecule has 0 aliphatic heterocycles. The molecule has 0 bridgehead atoms. The van der Waals surface area contributed by atoms with Gasteiger partial charge in [0, 0.05) is 16.9 Å². The fraction of sp³-hybridized carbons (Fsp3) is 0.120. The van der Waals surface area contributed by atoms with E-state index in [1.165, 1.54) is 18.9 Å². The van der Waals surface area contributed by atoms with Gasteiger partial charge >= 0.3 is 0 Å². The van der Waals surface area contributed by atoms with Gasteiger partial charge in [-0.2, -0.15) is 20.1 Å². The van der Waals surface area contributed by atoms with Gasteiger partial charge in [-0.1, -0.05) is 42.0 Å². The van der Waals surface area contributed by atoms with E-state index in [0.29, 0.717) is 23.2 Å². The average Bonchev–Trinajstić information content (AvgIpc) is 2.83. The maximum absolute atomic E-state index is 10.2. The molecule has 9 nitrogen and oxygen atoms in total. The number of para-hydroxylation sites is 2. The van der Waals surface area contributed by atoms with Crippen LogP contribution in [0.2, 0.25) is 0 Å². The Bertz CT molecular complexity index is 1310. The average molecular weight is 456 g/mol. The summed E-state index contributed by atoms with van der Waals surface area (Å²) in [6.45, 7) is 4.06. The predicted octanol–water partition coefficient (Wildman–Crippen LogP) is 5.14. The molecule has 4 aromatic rings. The van der Waals surface area contributed by atoms with Crippen molar-refractivity contribution in [3.63, 3.8) is 0 Å². The lowest BCUT2D eigenvalue weighted by Crippen LogP contribution is -2.07. The van der Waals surface area contributed by atoms with Crippen LogP contribution in [0.25, 0.3) is 0 Å². The molecule has 172 valence electrons. The first-order chi connectivity index (χ1) is 16.5. The van der Waals surface area contributed by atoms with Crippen LogP contribution in [0.3, 0.4) is 0 Å². The molecular weight excluding hydrogens is 430 g/mol. The highest BCUT2D eigenvalue weighted by atomic mass is 16.5. The van der Waals surface area contributed by atoms with Crippen LogP contribution in [0.1, 0.15) is 16.7 Å². The number of nitrogens with zero attached hydrogens (tertiary/aromatic N) is 4. The van der Waals surface area contributed by atoms with Gasteiger partial charge < -0.3 is 20.5 Å². The third kappa shape index (κ3) is 5.57. The number of ether oxygens (including phenoxy) is 1. The number of aromatic nitrogens is 3. The van der Waals surface area contributed by atoms with Gasteiger partial charge in [-0.05, 0) is 49.7 Å². The third-order valence-corrected chi connectivity index (χ3v) is 4.91. The second-order valence-electron chi connectivity index (χ2n) is 7.51. The standard InChI is InChI=1S/C25H25N7O2/c1-16-12-13-20(17(2)14-16)28-24-29-23(27-19-9-5-4-6-10-19)30-25(31-24)32-26-15-18-8-7-11-21(34-3)22(18)33/h4-15,33H,1-3H3,(H3,27,28,29,30,31,32)/b26-15-.